The zero-order chi connectivity index (χ0) is 14.7. The molecule has 2 aliphatic rings. The van der Waals surface area contributed by atoms with Crippen LogP contribution >= 0.6 is 0 Å². The molecule has 1 amide bonds. The van der Waals surface area contributed by atoms with Gasteiger partial charge in [-0.05, 0) is 38.5 Å². The second-order valence-electron chi connectivity index (χ2n) is 6.23. The summed E-state index contributed by atoms with van der Waals surface area (Å²) in [6.07, 6.45) is 2.48. The number of amides is 1. The Morgan fingerprint density at radius 1 is 1.10 bits per heavy atom. The van der Waals surface area contributed by atoms with Gasteiger partial charge in [0.25, 0.3) is 0 Å². The lowest BCUT2D eigenvalue weighted by molar-refractivity contribution is -0.135. The Morgan fingerprint density at radius 3 is 2.52 bits per heavy atom. The van der Waals surface area contributed by atoms with Gasteiger partial charge in [0, 0.05) is 19.6 Å². The summed E-state index contributed by atoms with van der Waals surface area (Å²) in [5.41, 5.74) is 1.30. The zero-order valence-electron chi connectivity index (χ0n) is 12.9. The van der Waals surface area contributed by atoms with Gasteiger partial charge in [-0.3, -0.25) is 14.6 Å². The van der Waals surface area contributed by atoms with Gasteiger partial charge in [-0.15, -0.1) is 0 Å². The third kappa shape index (κ3) is 3.44. The van der Waals surface area contributed by atoms with Crippen LogP contribution in [0, 0.1) is 0 Å². The number of carbonyl (C=O) groups is 1. The number of likely N-dealkylation sites (N-methyl/N-ethyl adjacent to an activating group) is 1. The van der Waals surface area contributed by atoms with Gasteiger partial charge < -0.3 is 4.90 Å². The molecule has 21 heavy (non-hydrogen) atoms. The first-order chi connectivity index (χ1) is 10.2. The van der Waals surface area contributed by atoms with E-state index in [1.165, 1.54) is 18.4 Å². The van der Waals surface area contributed by atoms with Gasteiger partial charge in [-0.25, -0.2) is 0 Å². The minimum atomic E-state index is 0.297. The highest BCUT2D eigenvalue weighted by molar-refractivity contribution is 5.78. The Morgan fingerprint density at radius 2 is 1.81 bits per heavy atom. The first-order valence-electron chi connectivity index (χ1n) is 7.99. The van der Waals surface area contributed by atoms with Crippen LogP contribution in [0.25, 0.3) is 0 Å². The molecule has 4 heteroatoms. The Labute approximate surface area is 127 Å². The highest BCUT2D eigenvalue weighted by atomic mass is 16.2. The van der Waals surface area contributed by atoms with Crippen molar-refractivity contribution < 1.29 is 4.79 Å². The maximum Gasteiger partial charge on any atom is 0.236 e. The Kier molecular flexibility index (Phi) is 4.56. The van der Waals surface area contributed by atoms with E-state index in [0.717, 1.165) is 32.7 Å². The van der Waals surface area contributed by atoms with Crippen molar-refractivity contribution in [3.05, 3.63) is 35.9 Å². The van der Waals surface area contributed by atoms with E-state index in [1.54, 1.807) is 0 Å². The minimum absolute atomic E-state index is 0.297. The molecule has 1 aromatic rings. The molecule has 2 fully saturated rings. The van der Waals surface area contributed by atoms with Crippen LogP contribution in [-0.4, -0.2) is 66.9 Å². The molecule has 2 saturated heterocycles. The fraction of sp³-hybridized carbons (Fsp3) is 0.588. The van der Waals surface area contributed by atoms with Crippen molar-refractivity contribution in [2.24, 2.45) is 0 Å². The number of nitrogens with zero attached hydrogens (tertiary/aromatic N) is 3. The lowest BCUT2D eigenvalue weighted by atomic mass is 10.0. The standard InChI is InChI=1S/C17H25N3O/c1-18-11-12-20(17(21)14-19-9-5-6-10-19)13-16(18)15-7-3-2-4-8-15/h2-4,7-8,16H,5-6,9-14H2,1H3/t16-/m0/s1. The van der Waals surface area contributed by atoms with Crippen LogP contribution in [0.3, 0.4) is 0 Å². The fourth-order valence-electron chi connectivity index (χ4n) is 3.37. The molecule has 0 N–H and O–H groups in total. The van der Waals surface area contributed by atoms with Crippen LogP contribution in [-0.2, 0) is 4.79 Å². The van der Waals surface area contributed by atoms with Gasteiger partial charge in [0.05, 0.1) is 12.6 Å². The minimum Gasteiger partial charge on any atom is -0.338 e. The highest BCUT2D eigenvalue weighted by Crippen LogP contribution is 2.24. The molecule has 1 atom stereocenters. The van der Waals surface area contributed by atoms with Crippen molar-refractivity contribution in [2.75, 3.05) is 46.3 Å². The van der Waals surface area contributed by atoms with E-state index < -0.39 is 0 Å². The van der Waals surface area contributed by atoms with Gasteiger partial charge in [0.1, 0.15) is 0 Å². The quantitative estimate of drug-likeness (QED) is 0.845. The molecule has 4 nitrogen and oxygen atoms in total. The molecule has 0 radical (unpaired) electrons. The molecular formula is C17H25N3O. The molecule has 0 bridgehead atoms. The maximum atomic E-state index is 12.5. The van der Waals surface area contributed by atoms with E-state index in [4.69, 9.17) is 0 Å². The van der Waals surface area contributed by atoms with E-state index in [1.807, 2.05) is 6.07 Å². The molecule has 0 aromatic heterocycles. The number of piperazine rings is 1. The molecule has 0 saturated carbocycles. The number of likely N-dealkylation sites (tertiary alicyclic amines) is 1. The number of hydrogen-bond acceptors (Lipinski definition) is 3. The molecule has 0 spiro atoms. The van der Waals surface area contributed by atoms with Crippen molar-refractivity contribution in [2.45, 2.75) is 18.9 Å². The summed E-state index contributed by atoms with van der Waals surface area (Å²) in [6, 6.07) is 10.8. The molecule has 3 rings (SSSR count). The Hall–Kier alpha value is -1.39. The van der Waals surface area contributed by atoms with Crippen molar-refractivity contribution in [3.63, 3.8) is 0 Å². The SMILES string of the molecule is CN1CCN(C(=O)CN2CCCC2)C[C@H]1c1ccccc1. The van der Waals surface area contributed by atoms with Crippen LogP contribution in [0.15, 0.2) is 30.3 Å². The molecule has 2 heterocycles. The molecule has 2 aliphatic heterocycles. The molecular weight excluding hydrogens is 262 g/mol. The molecule has 114 valence electrons. The average molecular weight is 287 g/mol. The van der Waals surface area contributed by atoms with Crippen molar-refractivity contribution >= 4 is 5.91 Å². The lowest BCUT2D eigenvalue weighted by Gasteiger charge is -2.40. The first kappa shape index (κ1) is 14.5. The van der Waals surface area contributed by atoms with Crippen molar-refractivity contribution in [1.82, 2.24) is 14.7 Å². The summed E-state index contributed by atoms with van der Waals surface area (Å²) < 4.78 is 0. The van der Waals surface area contributed by atoms with Gasteiger partial charge in [0.2, 0.25) is 5.91 Å². The summed E-state index contributed by atoms with van der Waals surface area (Å²) in [4.78, 5) is 19.2. The largest absolute Gasteiger partial charge is 0.338 e. The highest BCUT2D eigenvalue weighted by Gasteiger charge is 2.29. The second kappa shape index (κ2) is 6.58. The van der Waals surface area contributed by atoms with E-state index in [0.29, 0.717) is 18.5 Å². The van der Waals surface area contributed by atoms with Crippen LogP contribution in [0.1, 0.15) is 24.4 Å². The van der Waals surface area contributed by atoms with Crippen LogP contribution in [0.4, 0.5) is 0 Å². The topological polar surface area (TPSA) is 26.8 Å². The van der Waals surface area contributed by atoms with Gasteiger partial charge in [-0.2, -0.15) is 0 Å². The molecule has 0 aliphatic carbocycles. The smallest absolute Gasteiger partial charge is 0.236 e. The predicted octanol–water partition coefficient (Wildman–Crippen LogP) is 1.60. The normalized spacial score (nSPS) is 24.4. The summed E-state index contributed by atoms with van der Waals surface area (Å²) in [5, 5.41) is 0. The van der Waals surface area contributed by atoms with Crippen molar-refractivity contribution in [1.29, 1.82) is 0 Å². The third-order valence-corrected chi connectivity index (χ3v) is 4.74. The number of benzene rings is 1. The average Bonchev–Trinajstić information content (AvgIpc) is 3.01. The van der Waals surface area contributed by atoms with Crippen LogP contribution in [0.5, 0.6) is 0 Å². The van der Waals surface area contributed by atoms with Gasteiger partial charge in [-0.1, -0.05) is 30.3 Å². The Balaban J connectivity index is 1.63. The first-order valence-corrected chi connectivity index (χ1v) is 7.99. The van der Waals surface area contributed by atoms with E-state index in [9.17, 15) is 4.79 Å². The Bertz CT molecular complexity index is 470. The number of rotatable bonds is 3. The van der Waals surface area contributed by atoms with Gasteiger partial charge >= 0.3 is 0 Å². The summed E-state index contributed by atoms with van der Waals surface area (Å²) in [7, 11) is 2.15. The van der Waals surface area contributed by atoms with Crippen LogP contribution in [0.2, 0.25) is 0 Å². The monoisotopic (exact) mass is 287 g/mol. The van der Waals surface area contributed by atoms with Crippen molar-refractivity contribution in [3.8, 4) is 0 Å². The fourth-order valence-corrected chi connectivity index (χ4v) is 3.37. The maximum absolute atomic E-state index is 12.5. The van der Waals surface area contributed by atoms with E-state index in [-0.39, 0.29) is 0 Å². The van der Waals surface area contributed by atoms with E-state index >= 15 is 0 Å². The molecule has 1 aromatic carbocycles. The van der Waals surface area contributed by atoms with Crippen LogP contribution < -0.4 is 0 Å². The number of hydrogen-bond donors (Lipinski definition) is 0. The lowest BCUT2D eigenvalue weighted by Crippen LogP contribution is -2.51. The van der Waals surface area contributed by atoms with Gasteiger partial charge in [0.15, 0.2) is 0 Å². The second-order valence-corrected chi connectivity index (χ2v) is 6.23. The molecule has 0 unspecified atom stereocenters. The summed E-state index contributed by atoms with van der Waals surface area (Å²) in [6.45, 7) is 5.39. The summed E-state index contributed by atoms with van der Waals surface area (Å²) >= 11 is 0. The third-order valence-electron chi connectivity index (χ3n) is 4.74. The predicted molar refractivity (Wildman–Crippen MR) is 84.1 cm³/mol. The summed E-state index contributed by atoms with van der Waals surface area (Å²) in [5.74, 6) is 0.297. The number of carbonyl (C=O) groups excluding carboxylic acids is 1. The van der Waals surface area contributed by atoms with E-state index in [2.05, 4.69) is 46.0 Å². The zero-order valence-corrected chi connectivity index (χ0v) is 12.9.